The summed E-state index contributed by atoms with van der Waals surface area (Å²) < 4.78 is 0. The molecule has 0 radical (unpaired) electrons. The largest absolute Gasteiger partial charge is 0.356 e. The van der Waals surface area contributed by atoms with Crippen LogP contribution >= 0.6 is 24.0 Å². The number of nitrogens with one attached hydrogen (secondary N) is 1. The van der Waals surface area contributed by atoms with Gasteiger partial charge in [-0.25, -0.2) is 0 Å². The lowest BCUT2D eigenvalue weighted by molar-refractivity contribution is 0.281. The molecule has 2 heterocycles. The van der Waals surface area contributed by atoms with Gasteiger partial charge in [-0.05, 0) is 61.0 Å². The fraction of sp³-hybridized carbons (Fsp3) is 0.522. The lowest BCUT2D eigenvalue weighted by atomic mass is 10.0. The van der Waals surface area contributed by atoms with Gasteiger partial charge in [0.1, 0.15) is 0 Å². The van der Waals surface area contributed by atoms with Gasteiger partial charge >= 0.3 is 0 Å². The standard InChI is InChI=1S/C23H32N4.HI/c1-24-23(27-16-12-19(18-27)17-26-14-4-5-15-26)25-13-11-21-9-6-8-20-7-2-3-10-22(20)21;/h2-3,6-10,19H,4-5,11-18H2,1H3,(H,24,25);1H. The quantitative estimate of drug-likeness (QED) is 0.389. The Kier molecular flexibility index (Phi) is 7.97. The van der Waals surface area contributed by atoms with Crippen LogP contribution in [0.5, 0.6) is 0 Å². The molecule has 1 N–H and O–H groups in total. The van der Waals surface area contributed by atoms with E-state index in [1.807, 2.05) is 7.05 Å². The number of guanidine groups is 1. The van der Waals surface area contributed by atoms with Gasteiger partial charge in [0, 0.05) is 33.2 Å². The van der Waals surface area contributed by atoms with Crippen LogP contribution in [-0.2, 0) is 6.42 Å². The zero-order valence-corrected chi connectivity index (χ0v) is 19.3. The molecule has 2 aliphatic heterocycles. The summed E-state index contributed by atoms with van der Waals surface area (Å²) in [6.07, 6.45) is 5.08. The average molecular weight is 492 g/mol. The van der Waals surface area contributed by atoms with E-state index in [1.165, 1.54) is 55.2 Å². The van der Waals surface area contributed by atoms with E-state index in [0.29, 0.717) is 0 Å². The summed E-state index contributed by atoms with van der Waals surface area (Å²) in [5.41, 5.74) is 1.41. The van der Waals surface area contributed by atoms with Gasteiger partial charge in [0.2, 0.25) is 0 Å². The second-order valence-electron chi connectivity index (χ2n) is 7.97. The summed E-state index contributed by atoms with van der Waals surface area (Å²) >= 11 is 0. The molecule has 0 aromatic heterocycles. The zero-order chi connectivity index (χ0) is 18.5. The summed E-state index contributed by atoms with van der Waals surface area (Å²) in [4.78, 5) is 9.64. The summed E-state index contributed by atoms with van der Waals surface area (Å²) in [6.45, 7) is 7.07. The van der Waals surface area contributed by atoms with Crippen LogP contribution in [0.1, 0.15) is 24.8 Å². The second kappa shape index (κ2) is 10.4. The van der Waals surface area contributed by atoms with Crippen molar-refractivity contribution in [1.82, 2.24) is 15.1 Å². The van der Waals surface area contributed by atoms with E-state index < -0.39 is 0 Å². The summed E-state index contributed by atoms with van der Waals surface area (Å²) in [5, 5.41) is 6.29. The smallest absolute Gasteiger partial charge is 0.193 e. The third kappa shape index (κ3) is 5.17. The molecule has 2 aromatic rings. The zero-order valence-electron chi connectivity index (χ0n) is 16.9. The van der Waals surface area contributed by atoms with Crippen LogP contribution in [0.2, 0.25) is 0 Å². The van der Waals surface area contributed by atoms with Gasteiger partial charge in [-0.15, -0.1) is 24.0 Å². The Balaban J connectivity index is 0.00000225. The number of hydrogen-bond donors (Lipinski definition) is 1. The van der Waals surface area contributed by atoms with Crippen LogP contribution in [0.15, 0.2) is 47.5 Å². The molecule has 4 nitrogen and oxygen atoms in total. The van der Waals surface area contributed by atoms with Crippen molar-refractivity contribution in [2.75, 3.05) is 46.3 Å². The van der Waals surface area contributed by atoms with E-state index in [2.05, 4.69) is 62.6 Å². The lowest BCUT2D eigenvalue weighted by Gasteiger charge is -2.23. The number of benzene rings is 2. The molecule has 1 atom stereocenters. The Hall–Kier alpha value is -1.34. The van der Waals surface area contributed by atoms with E-state index in [-0.39, 0.29) is 24.0 Å². The first-order valence-corrected chi connectivity index (χ1v) is 10.5. The number of aliphatic imine (C=N–C) groups is 1. The van der Waals surface area contributed by atoms with Crippen molar-refractivity contribution < 1.29 is 0 Å². The van der Waals surface area contributed by atoms with E-state index in [9.17, 15) is 0 Å². The molecule has 0 amide bonds. The molecule has 5 heteroatoms. The van der Waals surface area contributed by atoms with Crippen molar-refractivity contribution in [2.45, 2.75) is 25.7 Å². The minimum Gasteiger partial charge on any atom is -0.356 e. The highest BCUT2D eigenvalue weighted by Crippen LogP contribution is 2.21. The molecule has 28 heavy (non-hydrogen) atoms. The van der Waals surface area contributed by atoms with Gasteiger partial charge in [-0.3, -0.25) is 4.99 Å². The number of hydrogen-bond acceptors (Lipinski definition) is 2. The minimum absolute atomic E-state index is 0. The molecule has 0 saturated carbocycles. The van der Waals surface area contributed by atoms with Crippen molar-refractivity contribution in [3.63, 3.8) is 0 Å². The molecule has 4 rings (SSSR count). The number of fused-ring (bicyclic) bond motifs is 1. The number of halogens is 1. The van der Waals surface area contributed by atoms with Crippen molar-refractivity contribution in [2.24, 2.45) is 10.9 Å². The fourth-order valence-electron chi connectivity index (χ4n) is 4.66. The first-order valence-electron chi connectivity index (χ1n) is 10.5. The Morgan fingerprint density at radius 2 is 1.86 bits per heavy atom. The maximum atomic E-state index is 4.55. The van der Waals surface area contributed by atoms with Gasteiger partial charge < -0.3 is 15.1 Å². The second-order valence-corrected chi connectivity index (χ2v) is 7.97. The van der Waals surface area contributed by atoms with Crippen molar-refractivity contribution >= 4 is 40.7 Å². The van der Waals surface area contributed by atoms with Crippen LogP contribution in [-0.4, -0.2) is 62.1 Å². The summed E-state index contributed by atoms with van der Waals surface area (Å²) in [7, 11) is 1.91. The monoisotopic (exact) mass is 492 g/mol. The maximum Gasteiger partial charge on any atom is 0.193 e. The van der Waals surface area contributed by atoms with Gasteiger partial charge in [-0.2, -0.15) is 0 Å². The Morgan fingerprint density at radius 1 is 1.07 bits per heavy atom. The minimum atomic E-state index is 0. The normalized spacial score (nSPS) is 20.5. The molecule has 2 aromatic carbocycles. The Labute approximate surface area is 186 Å². The highest BCUT2D eigenvalue weighted by atomic mass is 127. The van der Waals surface area contributed by atoms with Crippen LogP contribution in [0.4, 0.5) is 0 Å². The highest BCUT2D eigenvalue weighted by Gasteiger charge is 2.27. The molecule has 152 valence electrons. The molecular weight excluding hydrogens is 459 g/mol. The van der Waals surface area contributed by atoms with Gasteiger partial charge in [0.15, 0.2) is 5.96 Å². The molecule has 0 bridgehead atoms. The predicted octanol–water partition coefficient (Wildman–Crippen LogP) is 3.99. The first kappa shape index (κ1) is 21.4. The number of likely N-dealkylation sites (tertiary alicyclic amines) is 2. The Morgan fingerprint density at radius 3 is 2.68 bits per heavy atom. The molecule has 2 saturated heterocycles. The van der Waals surface area contributed by atoms with Crippen LogP contribution in [0.25, 0.3) is 10.8 Å². The molecule has 1 unspecified atom stereocenters. The Bertz CT molecular complexity index is 780. The van der Waals surface area contributed by atoms with Gasteiger partial charge in [0.25, 0.3) is 0 Å². The SMILES string of the molecule is CN=C(NCCc1cccc2ccccc12)N1CCC(CN2CCCC2)C1.I. The molecular formula is C23H33IN4. The number of nitrogens with zero attached hydrogens (tertiary/aromatic N) is 3. The van der Waals surface area contributed by atoms with Crippen LogP contribution in [0.3, 0.4) is 0 Å². The topological polar surface area (TPSA) is 30.9 Å². The van der Waals surface area contributed by atoms with Crippen molar-refractivity contribution in [3.05, 3.63) is 48.0 Å². The highest BCUT2D eigenvalue weighted by molar-refractivity contribution is 14.0. The maximum absolute atomic E-state index is 4.55. The molecule has 2 aliphatic rings. The van der Waals surface area contributed by atoms with E-state index >= 15 is 0 Å². The molecule has 0 aliphatic carbocycles. The number of rotatable bonds is 5. The lowest BCUT2D eigenvalue weighted by Crippen LogP contribution is -2.41. The third-order valence-electron chi connectivity index (χ3n) is 6.07. The average Bonchev–Trinajstić information content (AvgIpc) is 3.38. The van der Waals surface area contributed by atoms with Gasteiger partial charge in [0.05, 0.1) is 0 Å². The van der Waals surface area contributed by atoms with Gasteiger partial charge in [-0.1, -0.05) is 42.5 Å². The van der Waals surface area contributed by atoms with Crippen molar-refractivity contribution in [3.8, 4) is 0 Å². The van der Waals surface area contributed by atoms with E-state index in [4.69, 9.17) is 0 Å². The van der Waals surface area contributed by atoms with E-state index in [0.717, 1.165) is 37.9 Å². The van der Waals surface area contributed by atoms with Crippen molar-refractivity contribution in [1.29, 1.82) is 0 Å². The van der Waals surface area contributed by atoms with Crippen LogP contribution in [0, 0.1) is 5.92 Å². The third-order valence-corrected chi connectivity index (χ3v) is 6.07. The van der Waals surface area contributed by atoms with E-state index in [1.54, 1.807) is 0 Å². The predicted molar refractivity (Wildman–Crippen MR) is 130 cm³/mol. The van der Waals surface area contributed by atoms with Crippen LogP contribution < -0.4 is 5.32 Å². The molecule has 0 spiro atoms. The first-order chi connectivity index (χ1) is 13.3. The summed E-state index contributed by atoms with van der Waals surface area (Å²) in [5.74, 6) is 1.86. The summed E-state index contributed by atoms with van der Waals surface area (Å²) in [6, 6.07) is 15.3. The fourth-order valence-corrected chi connectivity index (χ4v) is 4.66. The molecule has 2 fully saturated rings.